The van der Waals surface area contributed by atoms with Crippen LogP contribution in [0.1, 0.15) is 40.0 Å². The Morgan fingerprint density at radius 2 is 2.08 bits per heavy atom. The third-order valence-electron chi connectivity index (χ3n) is 3.22. The van der Waals surface area contributed by atoms with Gasteiger partial charge in [0.05, 0.1) is 0 Å². The Bertz CT molecular complexity index is 154. The van der Waals surface area contributed by atoms with Crippen LogP contribution in [-0.2, 0) is 0 Å². The molecule has 13 heavy (non-hydrogen) atoms. The van der Waals surface area contributed by atoms with E-state index in [1.807, 2.05) is 0 Å². The van der Waals surface area contributed by atoms with Gasteiger partial charge in [0.25, 0.3) is 0 Å². The van der Waals surface area contributed by atoms with Gasteiger partial charge in [0.1, 0.15) is 0 Å². The molecule has 1 N–H and O–H groups in total. The predicted molar refractivity (Wildman–Crippen MR) is 58.0 cm³/mol. The van der Waals surface area contributed by atoms with E-state index in [4.69, 9.17) is 0 Å². The fourth-order valence-electron chi connectivity index (χ4n) is 1.98. The van der Waals surface area contributed by atoms with Crippen LogP contribution in [0.4, 0.5) is 0 Å². The van der Waals surface area contributed by atoms with E-state index in [2.05, 4.69) is 38.0 Å². The van der Waals surface area contributed by atoms with Gasteiger partial charge in [-0.3, -0.25) is 4.90 Å². The van der Waals surface area contributed by atoms with Gasteiger partial charge in [-0.05, 0) is 47.2 Å². The zero-order valence-electron chi connectivity index (χ0n) is 9.56. The molecule has 1 fully saturated rings. The van der Waals surface area contributed by atoms with Gasteiger partial charge in [0, 0.05) is 18.1 Å². The Morgan fingerprint density at radius 3 is 2.62 bits per heavy atom. The summed E-state index contributed by atoms with van der Waals surface area (Å²) in [7, 11) is 2.05. The molecule has 1 aliphatic heterocycles. The van der Waals surface area contributed by atoms with Crippen LogP contribution in [-0.4, -0.2) is 36.6 Å². The maximum atomic E-state index is 3.37. The molecular weight excluding hydrogens is 160 g/mol. The zero-order valence-corrected chi connectivity index (χ0v) is 9.56. The number of hydrogen-bond acceptors (Lipinski definition) is 2. The van der Waals surface area contributed by atoms with Crippen molar-refractivity contribution in [2.24, 2.45) is 0 Å². The Kier molecular flexibility index (Phi) is 3.74. The molecule has 1 heterocycles. The molecule has 1 aliphatic rings. The van der Waals surface area contributed by atoms with Crippen molar-refractivity contribution in [3.8, 4) is 0 Å². The molecule has 1 atom stereocenters. The summed E-state index contributed by atoms with van der Waals surface area (Å²) in [4.78, 5) is 2.61. The summed E-state index contributed by atoms with van der Waals surface area (Å²) in [6.07, 6.45) is 4.17. The molecule has 0 saturated carbocycles. The number of hydrogen-bond donors (Lipinski definition) is 1. The second-order valence-corrected chi connectivity index (χ2v) is 4.95. The third-order valence-corrected chi connectivity index (χ3v) is 3.22. The van der Waals surface area contributed by atoms with Gasteiger partial charge >= 0.3 is 0 Å². The quantitative estimate of drug-likeness (QED) is 0.720. The van der Waals surface area contributed by atoms with E-state index in [1.54, 1.807) is 0 Å². The van der Waals surface area contributed by atoms with E-state index >= 15 is 0 Å². The highest BCUT2D eigenvalue weighted by atomic mass is 15.2. The minimum atomic E-state index is 0.256. The van der Waals surface area contributed by atoms with Gasteiger partial charge in [-0.1, -0.05) is 6.42 Å². The first kappa shape index (κ1) is 11.0. The van der Waals surface area contributed by atoms with Crippen molar-refractivity contribution in [3.05, 3.63) is 0 Å². The summed E-state index contributed by atoms with van der Waals surface area (Å²) in [5.74, 6) is 0. The van der Waals surface area contributed by atoms with Gasteiger partial charge in [-0.25, -0.2) is 0 Å². The molecule has 1 rings (SSSR count). The average Bonchev–Trinajstić information content (AvgIpc) is 2.09. The van der Waals surface area contributed by atoms with E-state index in [0.29, 0.717) is 0 Å². The van der Waals surface area contributed by atoms with Crippen molar-refractivity contribution in [2.75, 3.05) is 20.1 Å². The van der Waals surface area contributed by atoms with Crippen LogP contribution in [0.2, 0.25) is 0 Å². The lowest BCUT2D eigenvalue weighted by Gasteiger charge is -2.39. The van der Waals surface area contributed by atoms with Gasteiger partial charge < -0.3 is 5.32 Å². The van der Waals surface area contributed by atoms with Crippen molar-refractivity contribution in [1.29, 1.82) is 0 Å². The van der Waals surface area contributed by atoms with Crippen molar-refractivity contribution in [1.82, 2.24) is 10.2 Å². The maximum absolute atomic E-state index is 3.37. The molecule has 0 aromatic heterocycles. The largest absolute Gasteiger partial charge is 0.314 e. The van der Waals surface area contributed by atoms with Crippen LogP contribution < -0.4 is 5.32 Å². The molecule has 0 aromatic carbocycles. The first-order chi connectivity index (χ1) is 6.05. The normalized spacial score (nSPS) is 26.3. The lowest BCUT2D eigenvalue weighted by molar-refractivity contribution is 0.124. The Labute approximate surface area is 82.7 Å². The molecule has 0 aromatic rings. The molecule has 1 saturated heterocycles. The highest BCUT2D eigenvalue weighted by Crippen LogP contribution is 2.18. The SMILES string of the molecule is CNC(C)(C)CN1CCCCC1C. The smallest absolute Gasteiger partial charge is 0.0249 e. The van der Waals surface area contributed by atoms with E-state index in [9.17, 15) is 0 Å². The number of piperidine rings is 1. The van der Waals surface area contributed by atoms with Crippen LogP contribution in [0.5, 0.6) is 0 Å². The zero-order chi connectivity index (χ0) is 9.90. The molecule has 0 aliphatic carbocycles. The molecule has 1 unspecified atom stereocenters. The lowest BCUT2D eigenvalue weighted by atomic mass is 9.99. The number of likely N-dealkylation sites (tertiary alicyclic amines) is 1. The van der Waals surface area contributed by atoms with Crippen LogP contribution in [0.3, 0.4) is 0 Å². The summed E-state index contributed by atoms with van der Waals surface area (Å²) in [5.41, 5.74) is 0.256. The molecule has 2 nitrogen and oxygen atoms in total. The van der Waals surface area contributed by atoms with Crippen molar-refractivity contribution in [3.63, 3.8) is 0 Å². The van der Waals surface area contributed by atoms with E-state index in [-0.39, 0.29) is 5.54 Å². The minimum Gasteiger partial charge on any atom is -0.314 e. The van der Waals surface area contributed by atoms with E-state index in [1.165, 1.54) is 32.4 Å². The Morgan fingerprint density at radius 1 is 1.38 bits per heavy atom. The van der Waals surface area contributed by atoms with Gasteiger partial charge in [0.15, 0.2) is 0 Å². The number of rotatable bonds is 3. The molecule has 78 valence electrons. The summed E-state index contributed by atoms with van der Waals surface area (Å²) in [6.45, 7) is 9.35. The van der Waals surface area contributed by atoms with Crippen molar-refractivity contribution < 1.29 is 0 Å². The molecule has 0 bridgehead atoms. The van der Waals surface area contributed by atoms with Gasteiger partial charge in [-0.15, -0.1) is 0 Å². The van der Waals surface area contributed by atoms with Crippen LogP contribution >= 0.6 is 0 Å². The second kappa shape index (κ2) is 4.43. The predicted octanol–water partition coefficient (Wildman–Crippen LogP) is 1.86. The standard InChI is InChI=1S/C11H24N2/c1-10-7-5-6-8-13(10)9-11(2,3)12-4/h10,12H,5-9H2,1-4H3. The summed E-state index contributed by atoms with van der Waals surface area (Å²) >= 11 is 0. The first-order valence-corrected chi connectivity index (χ1v) is 5.48. The Hall–Kier alpha value is -0.0800. The molecular formula is C11H24N2. The second-order valence-electron chi connectivity index (χ2n) is 4.95. The fraction of sp³-hybridized carbons (Fsp3) is 1.00. The van der Waals surface area contributed by atoms with Crippen molar-refractivity contribution in [2.45, 2.75) is 51.6 Å². The maximum Gasteiger partial charge on any atom is 0.0249 e. The number of likely N-dealkylation sites (N-methyl/N-ethyl adjacent to an activating group) is 1. The fourth-order valence-corrected chi connectivity index (χ4v) is 1.98. The number of nitrogens with one attached hydrogen (secondary N) is 1. The summed E-state index contributed by atoms with van der Waals surface area (Å²) < 4.78 is 0. The lowest BCUT2D eigenvalue weighted by Crippen LogP contribution is -2.51. The van der Waals surface area contributed by atoms with Crippen LogP contribution in [0.15, 0.2) is 0 Å². The minimum absolute atomic E-state index is 0.256. The topological polar surface area (TPSA) is 15.3 Å². The van der Waals surface area contributed by atoms with Crippen molar-refractivity contribution >= 4 is 0 Å². The third kappa shape index (κ3) is 3.28. The monoisotopic (exact) mass is 184 g/mol. The molecule has 2 heteroatoms. The summed E-state index contributed by atoms with van der Waals surface area (Å²) in [6, 6.07) is 0.779. The molecule has 0 spiro atoms. The van der Waals surface area contributed by atoms with E-state index < -0.39 is 0 Å². The summed E-state index contributed by atoms with van der Waals surface area (Å²) in [5, 5.41) is 3.37. The Balaban J connectivity index is 2.42. The highest BCUT2D eigenvalue weighted by molar-refractivity contribution is 4.84. The molecule has 0 radical (unpaired) electrons. The van der Waals surface area contributed by atoms with E-state index in [0.717, 1.165) is 6.04 Å². The average molecular weight is 184 g/mol. The molecule has 0 amide bonds. The first-order valence-electron chi connectivity index (χ1n) is 5.48. The van der Waals surface area contributed by atoms with Crippen LogP contribution in [0, 0.1) is 0 Å². The van der Waals surface area contributed by atoms with Crippen LogP contribution in [0.25, 0.3) is 0 Å². The highest BCUT2D eigenvalue weighted by Gasteiger charge is 2.24. The van der Waals surface area contributed by atoms with Gasteiger partial charge in [-0.2, -0.15) is 0 Å². The van der Waals surface area contributed by atoms with Gasteiger partial charge in [0.2, 0.25) is 0 Å². The number of nitrogens with zero attached hydrogens (tertiary/aromatic N) is 1.